The topological polar surface area (TPSA) is 0 Å². The first kappa shape index (κ1) is 4.34. The maximum absolute atomic E-state index is 5.31. The molecule has 0 amide bonds. The third kappa shape index (κ3) is 0.820. The molecule has 0 bridgehead atoms. The molecule has 0 fully saturated rings. The third-order valence-electron chi connectivity index (χ3n) is 0.424. The highest BCUT2D eigenvalue weighted by Gasteiger charge is 1.94. The van der Waals surface area contributed by atoms with Gasteiger partial charge in [-0.15, -0.1) is 0 Å². The molecule has 1 heterocycles. The molecule has 6 heavy (non-hydrogen) atoms. The van der Waals surface area contributed by atoms with Crippen LogP contribution in [-0.4, -0.2) is 0 Å². The van der Waals surface area contributed by atoms with Gasteiger partial charge in [-0.25, -0.2) is 0 Å². The molecule has 1 radical (unpaired) electrons. The number of hydrogen-bond acceptors (Lipinski definition) is 2. The molecule has 0 nitrogen and oxygen atoms in total. The van der Waals surface area contributed by atoms with E-state index in [2.05, 4.69) is 0 Å². The average molecular weight is 115 g/mol. The molecule has 0 aromatic rings. The molecule has 0 aromatic heterocycles. The summed E-state index contributed by atoms with van der Waals surface area (Å²) in [5.74, 6) is 0. The minimum Gasteiger partial charge on any atom is -0.0902 e. The monoisotopic (exact) mass is 115 g/mol. The van der Waals surface area contributed by atoms with Crippen LogP contribution in [-0.2, 0) is 0 Å². The quantitative estimate of drug-likeness (QED) is 0.474. The molecule has 0 aromatic carbocycles. The Hall–Kier alpha value is 0.180. The summed E-state index contributed by atoms with van der Waals surface area (Å²) >= 11 is 3.15. The minimum absolute atomic E-state index is 0.926. The van der Waals surface area contributed by atoms with Gasteiger partial charge in [-0.05, 0) is 17.4 Å². The van der Waals surface area contributed by atoms with Crippen LogP contribution >= 0.6 is 23.5 Å². The van der Waals surface area contributed by atoms with Crippen LogP contribution in [0.5, 0.6) is 0 Å². The number of thioether (sulfide) groups is 2. The van der Waals surface area contributed by atoms with E-state index in [1.807, 2.05) is 10.8 Å². The van der Waals surface area contributed by atoms with E-state index < -0.39 is 0 Å². The standard InChI is InChI=1S/C4H3S2/c1-4-5-2-3-6-4/h1-3H. The normalized spacial score (nSPS) is 19.7. The van der Waals surface area contributed by atoms with Gasteiger partial charge in [0.25, 0.3) is 0 Å². The van der Waals surface area contributed by atoms with E-state index >= 15 is 0 Å². The van der Waals surface area contributed by atoms with Crippen LogP contribution in [0, 0.1) is 6.58 Å². The molecule has 0 saturated carbocycles. The Kier molecular flexibility index (Phi) is 1.27. The highest BCUT2D eigenvalue weighted by molar-refractivity contribution is 8.27. The molecule has 0 saturated heterocycles. The largest absolute Gasteiger partial charge is 0.0902 e. The Morgan fingerprint density at radius 3 is 2.00 bits per heavy atom. The first-order valence-electron chi connectivity index (χ1n) is 1.50. The first-order chi connectivity index (χ1) is 2.89. The van der Waals surface area contributed by atoms with E-state index in [1.54, 1.807) is 23.5 Å². The van der Waals surface area contributed by atoms with Gasteiger partial charge in [0.15, 0.2) is 0 Å². The molecular weight excluding hydrogens is 112 g/mol. The van der Waals surface area contributed by atoms with Gasteiger partial charge in [0.05, 0.1) is 0 Å². The minimum atomic E-state index is 0.926. The van der Waals surface area contributed by atoms with Gasteiger partial charge in [-0.2, -0.15) is 0 Å². The van der Waals surface area contributed by atoms with Crippen LogP contribution in [0.2, 0.25) is 0 Å². The molecule has 1 rings (SSSR count). The molecular formula is C4H3S2. The summed E-state index contributed by atoms with van der Waals surface area (Å²) in [4.78, 5) is 0. The molecule has 0 unspecified atom stereocenters. The number of hydrogen-bond donors (Lipinski definition) is 0. The fourth-order valence-electron chi connectivity index (χ4n) is 0.217. The van der Waals surface area contributed by atoms with Crippen molar-refractivity contribution in [3.8, 4) is 0 Å². The summed E-state index contributed by atoms with van der Waals surface area (Å²) in [6.45, 7) is 5.31. The first-order valence-corrected chi connectivity index (χ1v) is 3.26. The van der Waals surface area contributed by atoms with Crippen LogP contribution in [0.3, 0.4) is 0 Å². The SMILES string of the molecule is [CH]=C1SC=CS1. The molecule has 31 valence electrons. The second kappa shape index (κ2) is 1.76. The van der Waals surface area contributed by atoms with Crippen molar-refractivity contribution in [1.82, 2.24) is 0 Å². The van der Waals surface area contributed by atoms with Crippen LogP contribution in [0.25, 0.3) is 0 Å². The van der Waals surface area contributed by atoms with Gasteiger partial charge in [0.1, 0.15) is 0 Å². The Balaban J connectivity index is 2.52. The van der Waals surface area contributed by atoms with Gasteiger partial charge < -0.3 is 0 Å². The van der Waals surface area contributed by atoms with Crippen molar-refractivity contribution in [2.45, 2.75) is 0 Å². The second-order valence-electron chi connectivity index (χ2n) is 0.827. The maximum Gasteiger partial charge on any atom is 0.0487 e. The summed E-state index contributed by atoms with van der Waals surface area (Å²) in [6.07, 6.45) is 0. The zero-order valence-corrected chi connectivity index (χ0v) is 4.68. The van der Waals surface area contributed by atoms with Crippen LogP contribution < -0.4 is 0 Å². The Morgan fingerprint density at radius 2 is 1.83 bits per heavy atom. The van der Waals surface area contributed by atoms with Crippen molar-refractivity contribution in [3.05, 3.63) is 21.6 Å². The van der Waals surface area contributed by atoms with E-state index in [-0.39, 0.29) is 0 Å². The lowest BCUT2D eigenvalue weighted by Crippen LogP contribution is -1.41. The summed E-state index contributed by atoms with van der Waals surface area (Å²) < 4.78 is 0.926. The average Bonchev–Trinajstić information content (AvgIpc) is 1.86. The Morgan fingerprint density at radius 1 is 1.33 bits per heavy atom. The lowest BCUT2D eigenvalue weighted by Gasteiger charge is -1.78. The number of rotatable bonds is 0. The van der Waals surface area contributed by atoms with Crippen molar-refractivity contribution < 1.29 is 0 Å². The van der Waals surface area contributed by atoms with Gasteiger partial charge in [0, 0.05) is 4.24 Å². The summed E-state index contributed by atoms with van der Waals surface area (Å²) in [6, 6.07) is 0. The lowest BCUT2D eigenvalue weighted by molar-refractivity contribution is 2.45. The molecule has 2 heteroatoms. The highest BCUT2D eigenvalue weighted by atomic mass is 32.2. The molecule has 0 N–H and O–H groups in total. The van der Waals surface area contributed by atoms with E-state index in [9.17, 15) is 0 Å². The van der Waals surface area contributed by atoms with Crippen molar-refractivity contribution in [1.29, 1.82) is 0 Å². The predicted molar refractivity (Wildman–Crippen MR) is 32.1 cm³/mol. The van der Waals surface area contributed by atoms with Crippen molar-refractivity contribution in [2.75, 3.05) is 0 Å². The summed E-state index contributed by atoms with van der Waals surface area (Å²) in [5, 5.41) is 3.94. The lowest BCUT2D eigenvalue weighted by atomic mass is 11.3. The fourth-order valence-corrected chi connectivity index (χ4v) is 1.49. The molecule has 0 atom stereocenters. The van der Waals surface area contributed by atoms with Crippen LogP contribution in [0.4, 0.5) is 0 Å². The zero-order valence-electron chi connectivity index (χ0n) is 3.05. The van der Waals surface area contributed by atoms with E-state index in [4.69, 9.17) is 6.58 Å². The third-order valence-corrected chi connectivity index (χ3v) is 2.18. The summed E-state index contributed by atoms with van der Waals surface area (Å²) in [5.41, 5.74) is 0. The molecule has 1 aliphatic heterocycles. The van der Waals surface area contributed by atoms with Gasteiger partial charge in [-0.1, -0.05) is 23.5 Å². The Bertz CT molecular complexity index is 83.7. The maximum atomic E-state index is 5.31. The van der Waals surface area contributed by atoms with Gasteiger partial charge >= 0.3 is 0 Å². The Labute approximate surface area is 45.7 Å². The van der Waals surface area contributed by atoms with E-state index in [0.29, 0.717) is 0 Å². The van der Waals surface area contributed by atoms with E-state index in [0.717, 1.165) is 4.24 Å². The fraction of sp³-hybridized carbons (Fsp3) is 0. The van der Waals surface area contributed by atoms with Crippen LogP contribution in [0.15, 0.2) is 15.1 Å². The van der Waals surface area contributed by atoms with Crippen molar-refractivity contribution >= 4 is 23.5 Å². The van der Waals surface area contributed by atoms with Gasteiger partial charge in [0.2, 0.25) is 0 Å². The predicted octanol–water partition coefficient (Wildman–Crippen LogP) is 2.21. The zero-order chi connectivity index (χ0) is 4.41. The van der Waals surface area contributed by atoms with Crippen LogP contribution in [0.1, 0.15) is 0 Å². The van der Waals surface area contributed by atoms with Gasteiger partial charge in [-0.3, -0.25) is 0 Å². The summed E-state index contributed by atoms with van der Waals surface area (Å²) in [7, 11) is 0. The molecule has 0 spiro atoms. The molecule has 0 aliphatic carbocycles. The highest BCUT2D eigenvalue weighted by Crippen LogP contribution is 2.34. The van der Waals surface area contributed by atoms with Crippen molar-refractivity contribution in [3.63, 3.8) is 0 Å². The molecule has 1 aliphatic rings. The van der Waals surface area contributed by atoms with Crippen molar-refractivity contribution in [2.24, 2.45) is 0 Å². The second-order valence-corrected chi connectivity index (χ2v) is 2.98. The van der Waals surface area contributed by atoms with E-state index in [1.165, 1.54) is 0 Å². The smallest absolute Gasteiger partial charge is 0.0487 e.